The quantitative estimate of drug-likeness (QED) is 0.116. The molecule has 0 aliphatic rings. The zero-order valence-corrected chi connectivity index (χ0v) is 26.5. The normalized spacial score (nSPS) is 11.9. The molecule has 0 radical (unpaired) electrons. The number of ether oxygens (including phenoxy) is 1. The SMILES string of the molecule is COc1ccc(NC(=O)C(C)Sc2ccc(NC(=O)/C(=C/c3ccc(C(C)C)cc3)NC(=O)c3ccccc3)cc2)cc1Cl. The number of nitrogens with one attached hydrogen (secondary N) is 3. The summed E-state index contributed by atoms with van der Waals surface area (Å²) in [4.78, 5) is 39.9. The van der Waals surface area contributed by atoms with Gasteiger partial charge >= 0.3 is 0 Å². The molecule has 44 heavy (non-hydrogen) atoms. The topological polar surface area (TPSA) is 96.5 Å². The Bertz CT molecular complexity index is 1640. The fraction of sp³-hybridized carbons (Fsp3) is 0.171. The molecule has 3 N–H and O–H groups in total. The highest BCUT2D eigenvalue weighted by molar-refractivity contribution is 8.00. The van der Waals surface area contributed by atoms with Crippen LogP contribution in [0.1, 0.15) is 48.2 Å². The van der Waals surface area contributed by atoms with Crippen LogP contribution in [-0.2, 0) is 9.59 Å². The molecule has 4 aromatic rings. The summed E-state index contributed by atoms with van der Waals surface area (Å²) in [5.41, 5.74) is 3.62. The van der Waals surface area contributed by atoms with Gasteiger partial charge in [0.25, 0.3) is 11.8 Å². The molecule has 0 saturated carbocycles. The molecular formula is C35H34ClN3O4S. The lowest BCUT2D eigenvalue weighted by molar-refractivity contribution is -0.115. The summed E-state index contributed by atoms with van der Waals surface area (Å²) in [7, 11) is 1.53. The fourth-order valence-corrected chi connectivity index (χ4v) is 5.27. The summed E-state index contributed by atoms with van der Waals surface area (Å²) in [5.74, 6) is -0.130. The van der Waals surface area contributed by atoms with Crippen molar-refractivity contribution in [2.24, 2.45) is 0 Å². The van der Waals surface area contributed by atoms with Crippen molar-refractivity contribution < 1.29 is 19.1 Å². The van der Waals surface area contributed by atoms with Crippen LogP contribution in [0.5, 0.6) is 5.75 Å². The minimum atomic E-state index is -0.464. The lowest BCUT2D eigenvalue weighted by atomic mass is 10.0. The third kappa shape index (κ3) is 8.99. The van der Waals surface area contributed by atoms with Gasteiger partial charge in [0.2, 0.25) is 5.91 Å². The molecular weight excluding hydrogens is 594 g/mol. The lowest BCUT2D eigenvalue weighted by Crippen LogP contribution is -2.30. The van der Waals surface area contributed by atoms with E-state index in [4.69, 9.17) is 16.3 Å². The zero-order chi connectivity index (χ0) is 31.6. The van der Waals surface area contributed by atoms with Crippen molar-refractivity contribution in [3.05, 3.63) is 124 Å². The maximum Gasteiger partial charge on any atom is 0.272 e. The predicted molar refractivity (Wildman–Crippen MR) is 179 cm³/mol. The molecule has 0 saturated heterocycles. The number of carbonyl (C=O) groups excluding carboxylic acids is 3. The first-order valence-corrected chi connectivity index (χ1v) is 15.3. The first kappa shape index (κ1) is 32.4. The molecule has 1 atom stereocenters. The van der Waals surface area contributed by atoms with Crippen LogP contribution in [0.4, 0.5) is 11.4 Å². The van der Waals surface area contributed by atoms with E-state index in [2.05, 4.69) is 29.8 Å². The van der Waals surface area contributed by atoms with Gasteiger partial charge in [-0.1, -0.05) is 67.9 Å². The third-order valence-corrected chi connectivity index (χ3v) is 8.06. The third-order valence-electron chi connectivity index (χ3n) is 6.66. The summed E-state index contributed by atoms with van der Waals surface area (Å²) in [6.45, 7) is 6.03. The summed E-state index contributed by atoms with van der Waals surface area (Å²) in [6.07, 6.45) is 1.65. The van der Waals surface area contributed by atoms with Crippen LogP contribution in [0.15, 0.2) is 108 Å². The number of halogens is 1. The van der Waals surface area contributed by atoms with Gasteiger partial charge in [0.15, 0.2) is 0 Å². The number of anilines is 2. The molecule has 4 aromatic carbocycles. The lowest BCUT2D eigenvalue weighted by Gasteiger charge is -2.14. The van der Waals surface area contributed by atoms with Crippen LogP contribution < -0.4 is 20.7 Å². The number of hydrogen-bond donors (Lipinski definition) is 3. The van der Waals surface area contributed by atoms with Crippen molar-refractivity contribution in [3.8, 4) is 5.75 Å². The van der Waals surface area contributed by atoms with E-state index >= 15 is 0 Å². The molecule has 226 valence electrons. The number of benzene rings is 4. The van der Waals surface area contributed by atoms with Gasteiger partial charge in [-0.3, -0.25) is 14.4 Å². The van der Waals surface area contributed by atoms with Gasteiger partial charge in [0.1, 0.15) is 11.4 Å². The molecule has 0 spiro atoms. The van der Waals surface area contributed by atoms with E-state index in [9.17, 15) is 14.4 Å². The molecule has 9 heteroatoms. The Morgan fingerprint density at radius 2 is 1.48 bits per heavy atom. The molecule has 4 rings (SSSR count). The summed E-state index contributed by atoms with van der Waals surface area (Å²) in [5, 5.41) is 8.50. The predicted octanol–water partition coefficient (Wildman–Crippen LogP) is 8.00. The van der Waals surface area contributed by atoms with Crippen molar-refractivity contribution in [1.82, 2.24) is 5.32 Å². The fourth-order valence-electron chi connectivity index (χ4n) is 4.15. The Hall–Kier alpha value is -4.53. The maximum atomic E-state index is 13.4. The van der Waals surface area contributed by atoms with E-state index in [0.717, 1.165) is 10.5 Å². The Balaban J connectivity index is 1.43. The van der Waals surface area contributed by atoms with Crippen LogP contribution in [0, 0.1) is 0 Å². The number of methoxy groups -OCH3 is 1. The van der Waals surface area contributed by atoms with E-state index in [1.165, 1.54) is 24.4 Å². The summed E-state index contributed by atoms with van der Waals surface area (Å²) < 4.78 is 5.15. The Labute approximate surface area is 267 Å². The second kappa shape index (κ2) is 15.3. The summed E-state index contributed by atoms with van der Waals surface area (Å²) in [6, 6.07) is 28.8. The van der Waals surface area contributed by atoms with Gasteiger partial charge in [0, 0.05) is 21.8 Å². The number of rotatable bonds is 11. The minimum absolute atomic E-state index is 0.110. The number of amides is 3. The highest BCUT2D eigenvalue weighted by Gasteiger charge is 2.17. The van der Waals surface area contributed by atoms with Crippen molar-refractivity contribution >= 4 is 58.5 Å². The van der Waals surface area contributed by atoms with E-state index in [1.807, 2.05) is 42.5 Å². The minimum Gasteiger partial charge on any atom is -0.495 e. The van der Waals surface area contributed by atoms with Gasteiger partial charge in [0.05, 0.1) is 17.4 Å². The van der Waals surface area contributed by atoms with Gasteiger partial charge in [-0.2, -0.15) is 0 Å². The van der Waals surface area contributed by atoms with Gasteiger partial charge < -0.3 is 20.7 Å². The van der Waals surface area contributed by atoms with Gasteiger partial charge in [-0.05, 0) is 84.6 Å². The smallest absolute Gasteiger partial charge is 0.272 e. The first-order valence-electron chi connectivity index (χ1n) is 14.0. The van der Waals surface area contributed by atoms with Crippen LogP contribution in [-0.4, -0.2) is 30.1 Å². The second-order valence-electron chi connectivity index (χ2n) is 10.3. The number of carbonyl (C=O) groups is 3. The molecule has 0 aromatic heterocycles. The monoisotopic (exact) mass is 627 g/mol. The highest BCUT2D eigenvalue weighted by Crippen LogP contribution is 2.29. The second-order valence-corrected chi connectivity index (χ2v) is 12.1. The maximum absolute atomic E-state index is 13.4. The van der Waals surface area contributed by atoms with Crippen LogP contribution in [0.3, 0.4) is 0 Å². The zero-order valence-electron chi connectivity index (χ0n) is 24.9. The van der Waals surface area contributed by atoms with Crippen molar-refractivity contribution in [1.29, 1.82) is 0 Å². The number of hydrogen-bond acceptors (Lipinski definition) is 5. The summed E-state index contributed by atoms with van der Waals surface area (Å²) >= 11 is 7.54. The standard InChI is InChI=1S/C35H34ClN3O4S/c1-22(2)25-12-10-24(11-13-25)20-31(39-34(41)26-8-6-5-7-9-26)35(42)37-27-14-17-29(18-15-27)44-23(3)33(40)38-28-16-19-32(43-4)30(36)21-28/h5-23H,1-4H3,(H,37,42)(H,38,40)(H,39,41)/b31-20-. The van der Waals surface area contributed by atoms with Crippen molar-refractivity contribution in [2.45, 2.75) is 36.8 Å². The van der Waals surface area contributed by atoms with Crippen LogP contribution in [0.2, 0.25) is 5.02 Å². The molecule has 3 amide bonds. The average molecular weight is 628 g/mol. The molecule has 7 nitrogen and oxygen atoms in total. The Kier molecular flexibility index (Phi) is 11.2. The largest absolute Gasteiger partial charge is 0.495 e. The molecule has 0 heterocycles. The first-order chi connectivity index (χ1) is 21.1. The van der Waals surface area contributed by atoms with Gasteiger partial charge in [-0.15, -0.1) is 11.8 Å². The molecule has 0 aliphatic heterocycles. The van der Waals surface area contributed by atoms with E-state index in [1.54, 1.807) is 67.6 Å². The van der Waals surface area contributed by atoms with Crippen molar-refractivity contribution in [2.75, 3.05) is 17.7 Å². The van der Waals surface area contributed by atoms with E-state index in [0.29, 0.717) is 33.6 Å². The van der Waals surface area contributed by atoms with E-state index in [-0.39, 0.29) is 17.5 Å². The molecule has 0 fully saturated rings. The highest BCUT2D eigenvalue weighted by atomic mass is 35.5. The van der Waals surface area contributed by atoms with Crippen LogP contribution in [0.25, 0.3) is 6.08 Å². The Morgan fingerprint density at radius 1 is 0.818 bits per heavy atom. The number of thioether (sulfide) groups is 1. The Morgan fingerprint density at radius 3 is 2.09 bits per heavy atom. The van der Waals surface area contributed by atoms with Crippen molar-refractivity contribution in [3.63, 3.8) is 0 Å². The molecule has 0 aliphatic carbocycles. The average Bonchev–Trinajstić information content (AvgIpc) is 3.02. The van der Waals surface area contributed by atoms with Gasteiger partial charge in [-0.25, -0.2) is 0 Å². The van der Waals surface area contributed by atoms with E-state index < -0.39 is 11.2 Å². The molecule has 1 unspecified atom stereocenters. The molecule has 0 bridgehead atoms. The van der Waals surface area contributed by atoms with Crippen LogP contribution >= 0.6 is 23.4 Å².